The number of amides is 1. The molecular weight excluding hydrogens is 464 g/mol. The molecule has 0 bridgehead atoms. The Labute approximate surface area is 198 Å². The van der Waals surface area contributed by atoms with Crippen molar-refractivity contribution in [1.29, 1.82) is 0 Å². The molecule has 0 fully saturated rings. The minimum Gasteiger partial charge on any atom is -0.495 e. The van der Waals surface area contributed by atoms with Gasteiger partial charge in [-0.2, -0.15) is 0 Å². The number of halogens is 1. The summed E-state index contributed by atoms with van der Waals surface area (Å²) in [5, 5.41) is 3.14. The van der Waals surface area contributed by atoms with Gasteiger partial charge in [-0.05, 0) is 86.0 Å². The van der Waals surface area contributed by atoms with Crippen LogP contribution >= 0.6 is 11.6 Å². The molecule has 0 radical (unpaired) electrons. The predicted molar refractivity (Wildman–Crippen MR) is 130 cm³/mol. The van der Waals surface area contributed by atoms with Gasteiger partial charge >= 0.3 is 0 Å². The van der Waals surface area contributed by atoms with Gasteiger partial charge in [0, 0.05) is 10.7 Å². The maximum Gasteiger partial charge on any atom is 0.262 e. The third kappa shape index (κ3) is 6.18. The molecule has 0 saturated carbocycles. The van der Waals surface area contributed by atoms with Gasteiger partial charge in [-0.15, -0.1) is 0 Å². The number of rotatable bonds is 8. The van der Waals surface area contributed by atoms with Gasteiger partial charge in [0.15, 0.2) is 6.61 Å². The molecule has 0 aliphatic carbocycles. The van der Waals surface area contributed by atoms with Crippen molar-refractivity contribution in [2.45, 2.75) is 25.7 Å². The molecule has 0 unspecified atom stereocenters. The Morgan fingerprint density at radius 1 is 0.909 bits per heavy atom. The Morgan fingerprint density at radius 3 is 2.30 bits per heavy atom. The molecule has 0 saturated heterocycles. The standard InChI is InChI=1S/C24H25ClN2O5S/c1-15-5-7-19(11-16(15)2)27-33(29,30)20-8-10-22(17(3)12-20)32-14-24(28)26-21-13-18(25)6-9-23(21)31-4/h5-13,27H,14H2,1-4H3,(H,26,28). The van der Waals surface area contributed by atoms with Gasteiger partial charge in [-0.25, -0.2) is 8.42 Å². The van der Waals surface area contributed by atoms with Crippen molar-refractivity contribution in [3.05, 3.63) is 76.3 Å². The molecule has 7 nitrogen and oxygen atoms in total. The van der Waals surface area contributed by atoms with Crippen LogP contribution in [0.1, 0.15) is 16.7 Å². The molecule has 0 spiro atoms. The van der Waals surface area contributed by atoms with E-state index in [9.17, 15) is 13.2 Å². The van der Waals surface area contributed by atoms with E-state index in [4.69, 9.17) is 21.1 Å². The first-order valence-electron chi connectivity index (χ1n) is 10.1. The van der Waals surface area contributed by atoms with E-state index in [1.807, 2.05) is 19.9 Å². The van der Waals surface area contributed by atoms with Gasteiger partial charge < -0.3 is 14.8 Å². The average Bonchev–Trinajstić information content (AvgIpc) is 2.75. The van der Waals surface area contributed by atoms with Crippen LogP contribution in [0, 0.1) is 20.8 Å². The molecular formula is C24H25ClN2O5S. The molecule has 0 aromatic heterocycles. The number of carbonyl (C=O) groups is 1. The highest BCUT2D eigenvalue weighted by Gasteiger charge is 2.17. The molecule has 0 heterocycles. The zero-order valence-electron chi connectivity index (χ0n) is 18.7. The van der Waals surface area contributed by atoms with Crippen LogP contribution in [0.3, 0.4) is 0 Å². The lowest BCUT2D eigenvalue weighted by atomic mass is 10.1. The predicted octanol–water partition coefficient (Wildman–Crippen LogP) is 5.09. The van der Waals surface area contributed by atoms with Crippen molar-refractivity contribution >= 4 is 38.9 Å². The Bertz CT molecular complexity index is 1290. The number of anilines is 2. The molecule has 0 aliphatic rings. The van der Waals surface area contributed by atoms with Gasteiger partial charge in [0.25, 0.3) is 15.9 Å². The van der Waals surface area contributed by atoms with Crippen LogP contribution in [0.25, 0.3) is 0 Å². The second-order valence-corrected chi connectivity index (χ2v) is 9.63. The largest absolute Gasteiger partial charge is 0.495 e. The molecule has 33 heavy (non-hydrogen) atoms. The highest BCUT2D eigenvalue weighted by atomic mass is 35.5. The van der Waals surface area contributed by atoms with Crippen LogP contribution < -0.4 is 19.5 Å². The van der Waals surface area contributed by atoms with Crippen molar-refractivity contribution < 1.29 is 22.7 Å². The molecule has 1 amide bonds. The number of hydrogen-bond acceptors (Lipinski definition) is 5. The van der Waals surface area contributed by atoms with Gasteiger partial charge in [0.1, 0.15) is 11.5 Å². The van der Waals surface area contributed by atoms with E-state index in [0.29, 0.717) is 33.5 Å². The lowest BCUT2D eigenvalue weighted by Gasteiger charge is -2.14. The number of carbonyl (C=O) groups excluding carboxylic acids is 1. The zero-order valence-corrected chi connectivity index (χ0v) is 20.3. The number of hydrogen-bond donors (Lipinski definition) is 2. The molecule has 9 heteroatoms. The second kappa shape index (κ2) is 10.1. The summed E-state index contributed by atoms with van der Waals surface area (Å²) in [6.07, 6.45) is 0. The van der Waals surface area contributed by atoms with Crippen molar-refractivity contribution in [2.75, 3.05) is 23.8 Å². The van der Waals surface area contributed by atoms with Crippen LogP contribution in [-0.4, -0.2) is 28.0 Å². The number of methoxy groups -OCH3 is 1. The lowest BCUT2D eigenvalue weighted by molar-refractivity contribution is -0.118. The summed E-state index contributed by atoms with van der Waals surface area (Å²) >= 11 is 5.98. The Hall–Kier alpha value is -3.23. The summed E-state index contributed by atoms with van der Waals surface area (Å²) in [6.45, 7) is 5.31. The normalized spacial score (nSPS) is 11.1. The summed E-state index contributed by atoms with van der Waals surface area (Å²) in [4.78, 5) is 12.4. The first-order chi connectivity index (χ1) is 15.6. The lowest BCUT2D eigenvalue weighted by Crippen LogP contribution is -2.21. The van der Waals surface area contributed by atoms with Crippen LogP contribution in [0.2, 0.25) is 5.02 Å². The molecule has 3 aromatic carbocycles. The SMILES string of the molecule is COc1ccc(Cl)cc1NC(=O)COc1ccc(S(=O)(=O)Nc2ccc(C)c(C)c2)cc1C. The first kappa shape index (κ1) is 24.4. The van der Waals surface area contributed by atoms with E-state index < -0.39 is 15.9 Å². The van der Waals surface area contributed by atoms with Crippen LogP contribution in [-0.2, 0) is 14.8 Å². The Kier molecular flexibility index (Phi) is 7.50. The molecule has 3 aromatic rings. The van der Waals surface area contributed by atoms with E-state index in [2.05, 4.69) is 10.0 Å². The molecule has 3 rings (SSSR count). The van der Waals surface area contributed by atoms with Crippen molar-refractivity contribution in [2.24, 2.45) is 0 Å². The summed E-state index contributed by atoms with van der Waals surface area (Å²) in [5.74, 6) is 0.450. The van der Waals surface area contributed by atoms with Crippen molar-refractivity contribution in [3.8, 4) is 11.5 Å². The van der Waals surface area contributed by atoms with E-state index in [1.54, 1.807) is 37.3 Å². The minimum absolute atomic E-state index is 0.0960. The Morgan fingerprint density at radius 2 is 1.64 bits per heavy atom. The zero-order chi connectivity index (χ0) is 24.2. The highest BCUT2D eigenvalue weighted by Crippen LogP contribution is 2.28. The first-order valence-corrected chi connectivity index (χ1v) is 11.9. The molecule has 0 aliphatic heterocycles. The number of aryl methyl sites for hydroxylation is 3. The van der Waals surface area contributed by atoms with E-state index in [-0.39, 0.29) is 11.5 Å². The molecule has 0 atom stereocenters. The van der Waals surface area contributed by atoms with Gasteiger partial charge in [-0.3, -0.25) is 9.52 Å². The van der Waals surface area contributed by atoms with E-state index >= 15 is 0 Å². The number of ether oxygens (including phenoxy) is 2. The average molecular weight is 489 g/mol. The minimum atomic E-state index is -3.78. The number of sulfonamides is 1. The van der Waals surface area contributed by atoms with E-state index in [1.165, 1.54) is 25.3 Å². The maximum atomic E-state index is 12.8. The number of nitrogens with one attached hydrogen (secondary N) is 2. The van der Waals surface area contributed by atoms with Gasteiger partial charge in [-0.1, -0.05) is 17.7 Å². The fourth-order valence-electron chi connectivity index (χ4n) is 3.08. The third-order valence-corrected chi connectivity index (χ3v) is 6.62. The highest BCUT2D eigenvalue weighted by molar-refractivity contribution is 7.92. The van der Waals surface area contributed by atoms with Crippen LogP contribution in [0.4, 0.5) is 11.4 Å². The smallest absolute Gasteiger partial charge is 0.262 e. The van der Waals surface area contributed by atoms with Crippen LogP contribution in [0.5, 0.6) is 11.5 Å². The monoisotopic (exact) mass is 488 g/mol. The van der Waals surface area contributed by atoms with E-state index in [0.717, 1.165) is 11.1 Å². The summed E-state index contributed by atoms with van der Waals surface area (Å²) in [6, 6.07) is 14.7. The van der Waals surface area contributed by atoms with Gasteiger partial charge in [0.2, 0.25) is 0 Å². The fraction of sp³-hybridized carbons (Fsp3) is 0.208. The summed E-state index contributed by atoms with van der Waals surface area (Å²) in [7, 11) is -2.29. The van der Waals surface area contributed by atoms with Gasteiger partial charge in [0.05, 0.1) is 17.7 Å². The quantitative estimate of drug-likeness (QED) is 0.460. The molecule has 174 valence electrons. The topological polar surface area (TPSA) is 93.7 Å². The van der Waals surface area contributed by atoms with Crippen molar-refractivity contribution in [3.63, 3.8) is 0 Å². The molecule has 2 N–H and O–H groups in total. The van der Waals surface area contributed by atoms with Crippen molar-refractivity contribution in [1.82, 2.24) is 0 Å². The number of benzene rings is 3. The maximum absolute atomic E-state index is 12.8. The summed E-state index contributed by atoms with van der Waals surface area (Å²) < 4.78 is 38.9. The fourth-order valence-corrected chi connectivity index (χ4v) is 4.38. The van der Waals surface area contributed by atoms with Crippen LogP contribution in [0.15, 0.2) is 59.5 Å². The second-order valence-electron chi connectivity index (χ2n) is 7.51. The summed E-state index contributed by atoms with van der Waals surface area (Å²) in [5.41, 5.74) is 3.56. The third-order valence-electron chi connectivity index (χ3n) is 5.01. The Balaban J connectivity index is 1.67.